The van der Waals surface area contributed by atoms with E-state index in [1.807, 2.05) is 91.0 Å². The molecule has 0 atom stereocenters. The van der Waals surface area contributed by atoms with Crippen LogP contribution in [-0.2, 0) is 0 Å². The molecule has 0 aliphatic carbocycles. The number of carbonyl (C=O) groups is 3. The standard InChI is InChI=1S/C72H75N3O9/c1-7-40-73(10-4)43-46-79-67-37-34-58(31-28-55-22-16-13-17-23-55)49-64(67)70(76)82-61-52-62(83-71(77)65-50-59(32-29-56-24-18-14-19-25-56)35-38-68(65)80-47-44-74(11-5)41-8-2)54-63(53-61)84-72(78)66-51-60(33-30-57-26-20-15-21-27-57)36-39-69(66)81-48-45-75(12-6)42-9-3/h13-27,34-39,49-54H,7-12,40-48H2,1-6H3. The molecule has 0 heterocycles. The molecule has 0 spiro atoms. The Kier molecular flexibility index (Phi) is 25.1. The van der Waals surface area contributed by atoms with Gasteiger partial charge in [0.05, 0.1) is 0 Å². The Labute approximate surface area is 496 Å². The molecule has 12 nitrogen and oxygen atoms in total. The normalized spacial score (nSPS) is 10.7. The van der Waals surface area contributed by atoms with Crippen molar-refractivity contribution in [2.45, 2.75) is 60.8 Å². The molecule has 0 aromatic heterocycles. The molecule has 7 aromatic rings. The molecule has 0 N–H and O–H groups in total. The van der Waals surface area contributed by atoms with Gasteiger partial charge in [0, 0.05) is 71.2 Å². The predicted molar refractivity (Wildman–Crippen MR) is 332 cm³/mol. The van der Waals surface area contributed by atoms with E-state index < -0.39 is 17.9 Å². The minimum absolute atomic E-state index is 0.0981. The van der Waals surface area contributed by atoms with Gasteiger partial charge in [0.1, 0.15) is 71.0 Å². The zero-order valence-electron chi connectivity index (χ0n) is 49.2. The lowest BCUT2D eigenvalue weighted by Crippen LogP contribution is -2.29. The molecule has 7 aromatic carbocycles. The molecule has 0 amide bonds. The zero-order chi connectivity index (χ0) is 59.3. The van der Waals surface area contributed by atoms with Crippen molar-refractivity contribution in [3.63, 3.8) is 0 Å². The second-order valence-corrected chi connectivity index (χ2v) is 19.6. The number of hydrogen-bond acceptors (Lipinski definition) is 12. The van der Waals surface area contributed by atoms with Crippen molar-refractivity contribution in [1.29, 1.82) is 0 Å². The molecule has 84 heavy (non-hydrogen) atoms. The first-order valence-corrected chi connectivity index (χ1v) is 29.1. The van der Waals surface area contributed by atoms with Crippen LogP contribution in [0.25, 0.3) is 0 Å². The average Bonchev–Trinajstić information content (AvgIpc) is 3.71. The smallest absolute Gasteiger partial charge is 0.347 e. The molecule has 0 bridgehead atoms. The van der Waals surface area contributed by atoms with Crippen LogP contribution in [0.1, 0.15) is 125 Å². The van der Waals surface area contributed by atoms with Crippen molar-refractivity contribution in [2.24, 2.45) is 0 Å². The topological polar surface area (TPSA) is 116 Å². The zero-order valence-corrected chi connectivity index (χ0v) is 49.2. The van der Waals surface area contributed by atoms with Crippen LogP contribution in [0, 0.1) is 35.5 Å². The lowest BCUT2D eigenvalue weighted by atomic mass is 10.1. The van der Waals surface area contributed by atoms with E-state index in [-0.39, 0.29) is 51.2 Å². The number of ether oxygens (including phenoxy) is 6. The fourth-order valence-electron chi connectivity index (χ4n) is 8.97. The van der Waals surface area contributed by atoms with Gasteiger partial charge in [-0.1, -0.05) is 132 Å². The lowest BCUT2D eigenvalue weighted by molar-refractivity contribution is 0.0726. The van der Waals surface area contributed by atoms with Gasteiger partial charge in [-0.15, -0.1) is 0 Å². The van der Waals surface area contributed by atoms with E-state index in [1.54, 1.807) is 54.6 Å². The Morgan fingerprint density at radius 1 is 0.321 bits per heavy atom. The maximum atomic E-state index is 14.7. The molecule has 0 radical (unpaired) electrons. The number of nitrogens with zero attached hydrogens (tertiary/aromatic N) is 3. The molecule has 0 saturated heterocycles. The third kappa shape index (κ3) is 19.8. The van der Waals surface area contributed by atoms with Crippen LogP contribution in [-0.4, -0.2) is 111 Å². The quantitative estimate of drug-likeness (QED) is 0.0277. The summed E-state index contributed by atoms with van der Waals surface area (Å²) >= 11 is 0. The first-order valence-electron chi connectivity index (χ1n) is 29.1. The number of esters is 3. The van der Waals surface area contributed by atoms with Gasteiger partial charge in [-0.2, -0.15) is 0 Å². The molecule has 0 fully saturated rings. The minimum atomic E-state index is -0.802. The predicted octanol–water partition coefficient (Wildman–Crippen LogP) is 12.9. The summed E-state index contributed by atoms with van der Waals surface area (Å²) in [6.45, 7) is 20.7. The van der Waals surface area contributed by atoms with Crippen LogP contribution in [0.3, 0.4) is 0 Å². The minimum Gasteiger partial charge on any atom is -0.491 e. The average molecular weight is 1130 g/mol. The second kappa shape index (κ2) is 33.7. The van der Waals surface area contributed by atoms with E-state index in [0.717, 1.165) is 75.2 Å². The Balaban J connectivity index is 1.28. The summed E-state index contributed by atoms with van der Waals surface area (Å²) in [5, 5.41) is 0. The SMILES string of the molecule is CCCN(CC)CCOc1ccc(C#Cc2ccccc2)cc1C(=O)Oc1cc(OC(=O)c2cc(C#Cc3ccccc3)ccc2OCCN(CC)CCC)cc(OC(=O)c2cc(C#Cc3ccccc3)ccc2OCCN(CC)CCC)c1. The highest BCUT2D eigenvalue weighted by Gasteiger charge is 2.23. The van der Waals surface area contributed by atoms with Crippen LogP contribution >= 0.6 is 0 Å². The highest BCUT2D eigenvalue weighted by molar-refractivity contribution is 5.97. The molecule has 0 aliphatic heterocycles. The number of likely N-dealkylation sites (N-methyl/N-ethyl adjacent to an activating group) is 3. The van der Waals surface area contributed by atoms with E-state index in [9.17, 15) is 14.4 Å². The molecular formula is C72H75N3O9. The Hall–Kier alpha value is -9.09. The van der Waals surface area contributed by atoms with Crippen LogP contribution in [0.2, 0.25) is 0 Å². The first kappa shape index (κ1) is 62.5. The maximum absolute atomic E-state index is 14.7. The van der Waals surface area contributed by atoms with Gasteiger partial charge in [0.25, 0.3) is 0 Å². The van der Waals surface area contributed by atoms with Crippen LogP contribution in [0.15, 0.2) is 164 Å². The fraction of sp³-hybridized carbons (Fsp3) is 0.292. The number of carbonyl (C=O) groups excluding carboxylic acids is 3. The Morgan fingerprint density at radius 3 is 0.833 bits per heavy atom. The van der Waals surface area contributed by atoms with Crippen molar-refractivity contribution in [2.75, 3.05) is 78.7 Å². The molecule has 0 aliphatic rings. The number of hydrogen-bond donors (Lipinski definition) is 0. The number of rotatable bonds is 27. The van der Waals surface area contributed by atoms with Crippen molar-refractivity contribution in [3.8, 4) is 70.0 Å². The van der Waals surface area contributed by atoms with Crippen LogP contribution < -0.4 is 28.4 Å². The van der Waals surface area contributed by atoms with Gasteiger partial charge in [-0.25, -0.2) is 14.4 Å². The summed E-state index contributed by atoms with van der Waals surface area (Å²) in [6.07, 6.45) is 2.94. The monoisotopic (exact) mass is 1130 g/mol. The molecule has 0 unspecified atom stereocenters. The van der Waals surface area contributed by atoms with Gasteiger partial charge in [0.2, 0.25) is 0 Å². The van der Waals surface area contributed by atoms with E-state index in [0.29, 0.717) is 56.1 Å². The van der Waals surface area contributed by atoms with E-state index >= 15 is 0 Å². The third-order valence-corrected chi connectivity index (χ3v) is 13.4. The lowest BCUT2D eigenvalue weighted by Gasteiger charge is -2.20. The second-order valence-electron chi connectivity index (χ2n) is 19.6. The molecule has 432 valence electrons. The van der Waals surface area contributed by atoms with Crippen molar-refractivity contribution in [1.82, 2.24) is 14.7 Å². The molecular weight excluding hydrogens is 1050 g/mol. The highest BCUT2D eigenvalue weighted by Crippen LogP contribution is 2.33. The Bertz CT molecular complexity index is 3080. The molecule has 12 heteroatoms. The maximum Gasteiger partial charge on any atom is 0.347 e. The van der Waals surface area contributed by atoms with E-state index in [2.05, 4.69) is 91.8 Å². The van der Waals surface area contributed by atoms with Crippen molar-refractivity contribution >= 4 is 17.9 Å². The summed E-state index contributed by atoms with van der Waals surface area (Å²) in [6, 6.07) is 48.1. The highest BCUT2D eigenvalue weighted by atomic mass is 16.6. The fourth-order valence-corrected chi connectivity index (χ4v) is 8.97. The van der Waals surface area contributed by atoms with Crippen molar-refractivity contribution in [3.05, 3.63) is 214 Å². The molecule has 0 saturated carbocycles. The summed E-state index contributed by atoms with van der Waals surface area (Å²) in [7, 11) is 0. The van der Waals surface area contributed by atoms with Gasteiger partial charge in [-0.05, 0) is 150 Å². The summed E-state index contributed by atoms with van der Waals surface area (Å²) in [4.78, 5) is 50.9. The first-order chi connectivity index (χ1) is 41.1. The van der Waals surface area contributed by atoms with E-state index in [1.165, 1.54) is 18.2 Å². The van der Waals surface area contributed by atoms with Gasteiger partial charge < -0.3 is 43.1 Å². The summed E-state index contributed by atoms with van der Waals surface area (Å²) < 4.78 is 37.5. The summed E-state index contributed by atoms with van der Waals surface area (Å²) in [5.74, 6) is 17.1. The van der Waals surface area contributed by atoms with Gasteiger partial charge in [0.15, 0.2) is 0 Å². The summed E-state index contributed by atoms with van der Waals surface area (Å²) in [5.41, 5.74) is 4.31. The third-order valence-electron chi connectivity index (χ3n) is 13.4. The van der Waals surface area contributed by atoms with Crippen LogP contribution in [0.4, 0.5) is 0 Å². The van der Waals surface area contributed by atoms with Crippen molar-refractivity contribution < 1.29 is 42.8 Å². The largest absolute Gasteiger partial charge is 0.491 e. The van der Waals surface area contributed by atoms with E-state index in [4.69, 9.17) is 28.4 Å². The van der Waals surface area contributed by atoms with Crippen LogP contribution in [0.5, 0.6) is 34.5 Å². The van der Waals surface area contributed by atoms with Gasteiger partial charge in [-0.3, -0.25) is 0 Å². The van der Waals surface area contributed by atoms with Gasteiger partial charge >= 0.3 is 17.9 Å². The molecule has 7 rings (SSSR count). The Morgan fingerprint density at radius 2 is 0.583 bits per heavy atom. The number of benzene rings is 7.